The Morgan fingerprint density at radius 2 is 2.37 bits per heavy atom. The summed E-state index contributed by atoms with van der Waals surface area (Å²) in [5.41, 5.74) is 1.59. The van der Waals surface area contributed by atoms with Crippen molar-refractivity contribution in [2.75, 3.05) is 5.75 Å². The summed E-state index contributed by atoms with van der Waals surface area (Å²) in [4.78, 5) is 10.8. The Morgan fingerprint density at radius 3 is 3.11 bits per heavy atom. The first-order chi connectivity index (χ1) is 9.15. The SMILES string of the molecule is CC(=O)SCC=Cc1cnn(-c2cccc(F)c2)c1. The van der Waals surface area contributed by atoms with Crippen LogP contribution in [0.5, 0.6) is 0 Å². The Hall–Kier alpha value is -1.88. The molecule has 0 radical (unpaired) electrons. The summed E-state index contributed by atoms with van der Waals surface area (Å²) in [6, 6.07) is 6.25. The fourth-order valence-corrected chi connectivity index (χ4v) is 1.96. The molecule has 19 heavy (non-hydrogen) atoms. The number of hydrogen-bond acceptors (Lipinski definition) is 3. The molecule has 3 nitrogen and oxygen atoms in total. The van der Waals surface area contributed by atoms with E-state index in [1.165, 1.54) is 23.9 Å². The van der Waals surface area contributed by atoms with E-state index in [-0.39, 0.29) is 10.9 Å². The summed E-state index contributed by atoms with van der Waals surface area (Å²) in [7, 11) is 0. The Balaban J connectivity index is 2.05. The molecule has 0 aliphatic carbocycles. The molecule has 5 heteroatoms. The molecule has 1 heterocycles. The summed E-state index contributed by atoms with van der Waals surface area (Å²) in [6.07, 6.45) is 7.29. The van der Waals surface area contributed by atoms with Gasteiger partial charge in [-0.2, -0.15) is 5.10 Å². The van der Waals surface area contributed by atoms with Gasteiger partial charge in [-0.25, -0.2) is 9.07 Å². The van der Waals surface area contributed by atoms with Crippen LogP contribution in [0, 0.1) is 5.82 Å². The lowest BCUT2D eigenvalue weighted by atomic mass is 10.3. The second-order valence-electron chi connectivity index (χ2n) is 3.90. The van der Waals surface area contributed by atoms with E-state index in [4.69, 9.17) is 0 Å². The first kappa shape index (κ1) is 13.5. The molecule has 2 aromatic rings. The summed E-state index contributed by atoms with van der Waals surface area (Å²) in [5, 5.41) is 4.26. The molecule has 0 atom stereocenters. The Morgan fingerprint density at radius 1 is 1.53 bits per heavy atom. The Labute approximate surface area is 115 Å². The van der Waals surface area contributed by atoms with Crippen molar-refractivity contribution in [3.05, 3.63) is 54.1 Å². The summed E-state index contributed by atoms with van der Waals surface area (Å²) in [6.45, 7) is 1.54. The number of thioether (sulfide) groups is 1. The molecule has 0 amide bonds. The van der Waals surface area contributed by atoms with Gasteiger partial charge in [0.25, 0.3) is 0 Å². The van der Waals surface area contributed by atoms with Crippen molar-refractivity contribution < 1.29 is 9.18 Å². The minimum atomic E-state index is -0.289. The monoisotopic (exact) mass is 276 g/mol. The molecule has 0 fully saturated rings. The van der Waals surface area contributed by atoms with Crippen LogP contribution in [0.1, 0.15) is 12.5 Å². The number of nitrogens with zero attached hydrogens (tertiary/aromatic N) is 2. The van der Waals surface area contributed by atoms with E-state index in [9.17, 15) is 9.18 Å². The third kappa shape index (κ3) is 4.06. The molecule has 0 spiro atoms. The highest BCUT2D eigenvalue weighted by Crippen LogP contribution is 2.11. The van der Waals surface area contributed by atoms with Crippen LogP contribution in [0.25, 0.3) is 11.8 Å². The van der Waals surface area contributed by atoms with Gasteiger partial charge in [-0.3, -0.25) is 4.79 Å². The minimum absolute atomic E-state index is 0.0973. The number of carbonyl (C=O) groups excluding carboxylic acids is 1. The maximum absolute atomic E-state index is 13.1. The van der Waals surface area contributed by atoms with E-state index in [2.05, 4.69) is 5.10 Å². The molecule has 0 saturated carbocycles. The van der Waals surface area contributed by atoms with Crippen molar-refractivity contribution in [2.45, 2.75) is 6.92 Å². The number of benzene rings is 1. The lowest BCUT2D eigenvalue weighted by Gasteiger charge is -1.99. The van der Waals surface area contributed by atoms with Crippen LogP contribution in [0.2, 0.25) is 0 Å². The normalized spacial score (nSPS) is 11.1. The number of hydrogen-bond donors (Lipinski definition) is 0. The van der Waals surface area contributed by atoms with Gasteiger partial charge in [-0.1, -0.05) is 30.0 Å². The average Bonchev–Trinajstić information content (AvgIpc) is 2.83. The predicted molar refractivity (Wildman–Crippen MR) is 75.7 cm³/mol. The van der Waals surface area contributed by atoms with E-state index < -0.39 is 0 Å². The molecule has 0 N–H and O–H groups in total. The van der Waals surface area contributed by atoms with E-state index in [0.29, 0.717) is 11.4 Å². The summed E-state index contributed by atoms with van der Waals surface area (Å²) in [5.74, 6) is 0.350. The molecule has 0 saturated heterocycles. The van der Waals surface area contributed by atoms with Gasteiger partial charge in [-0.15, -0.1) is 0 Å². The fraction of sp³-hybridized carbons (Fsp3) is 0.143. The highest BCUT2D eigenvalue weighted by molar-refractivity contribution is 8.13. The lowest BCUT2D eigenvalue weighted by Crippen LogP contribution is -1.93. The number of carbonyl (C=O) groups is 1. The van der Waals surface area contributed by atoms with Crippen molar-refractivity contribution in [3.8, 4) is 5.69 Å². The minimum Gasteiger partial charge on any atom is -0.288 e. The van der Waals surface area contributed by atoms with Crippen LogP contribution in [-0.4, -0.2) is 20.6 Å². The molecule has 1 aromatic heterocycles. The first-order valence-corrected chi connectivity index (χ1v) is 6.74. The predicted octanol–water partition coefficient (Wildman–Crippen LogP) is 3.30. The van der Waals surface area contributed by atoms with Crippen LogP contribution in [0.15, 0.2) is 42.7 Å². The van der Waals surface area contributed by atoms with Crippen LogP contribution in [0.3, 0.4) is 0 Å². The largest absolute Gasteiger partial charge is 0.288 e. The van der Waals surface area contributed by atoms with Gasteiger partial charge in [-0.05, 0) is 18.2 Å². The second-order valence-corrected chi connectivity index (χ2v) is 5.10. The molecule has 0 bridgehead atoms. The maximum Gasteiger partial charge on any atom is 0.186 e. The van der Waals surface area contributed by atoms with Crippen molar-refractivity contribution in [1.29, 1.82) is 0 Å². The van der Waals surface area contributed by atoms with Crippen LogP contribution in [0.4, 0.5) is 4.39 Å². The molecular weight excluding hydrogens is 263 g/mol. The molecular formula is C14H13FN2OS. The summed E-state index contributed by atoms with van der Waals surface area (Å²) < 4.78 is 14.7. The van der Waals surface area contributed by atoms with E-state index in [1.807, 2.05) is 18.3 Å². The van der Waals surface area contributed by atoms with Crippen molar-refractivity contribution in [2.24, 2.45) is 0 Å². The van der Waals surface area contributed by atoms with Gasteiger partial charge in [0.2, 0.25) is 0 Å². The topological polar surface area (TPSA) is 34.9 Å². The quantitative estimate of drug-likeness (QED) is 0.859. The molecule has 98 valence electrons. The van der Waals surface area contributed by atoms with E-state index in [0.717, 1.165) is 5.56 Å². The van der Waals surface area contributed by atoms with Crippen LogP contribution in [-0.2, 0) is 4.79 Å². The van der Waals surface area contributed by atoms with E-state index >= 15 is 0 Å². The maximum atomic E-state index is 13.1. The number of aromatic nitrogens is 2. The van der Waals surface area contributed by atoms with Gasteiger partial charge in [0, 0.05) is 24.4 Å². The van der Waals surface area contributed by atoms with Gasteiger partial charge in [0.1, 0.15) is 5.82 Å². The second kappa shape index (κ2) is 6.33. The highest BCUT2D eigenvalue weighted by atomic mass is 32.2. The number of halogens is 1. The van der Waals surface area contributed by atoms with Gasteiger partial charge < -0.3 is 0 Å². The molecule has 0 aliphatic heterocycles. The van der Waals surface area contributed by atoms with Crippen molar-refractivity contribution in [1.82, 2.24) is 9.78 Å². The average molecular weight is 276 g/mol. The standard InChI is InChI=1S/C14H13FN2OS/c1-11(18)19-7-3-4-12-9-16-17(10-12)14-6-2-5-13(15)8-14/h2-6,8-10H,7H2,1H3. The zero-order valence-electron chi connectivity index (χ0n) is 10.4. The van der Waals surface area contributed by atoms with Gasteiger partial charge in [0.05, 0.1) is 11.9 Å². The van der Waals surface area contributed by atoms with Gasteiger partial charge in [0.15, 0.2) is 5.12 Å². The van der Waals surface area contributed by atoms with Crippen LogP contribution < -0.4 is 0 Å². The highest BCUT2D eigenvalue weighted by Gasteiger charge is 2.00. The van der Waals surface area contributed by atoms with Crippen LogP contribution >= 0.6 is 11.8 Å². The molecule has 1 aromatic carbocycles. The molecule has 2 rings (SSSR count). The lowest BCUT2D eigenvalue weighted by molar-refractivity contribution is -0.109. The smallest absolute Gasteiger partial charge is 0.186 e. The third-order valence-electron chi connectivity index (χ3n) is 2.37. The molecule has 0 aliphatic rings. The fourth-order valence-electron chi connectivity index (χ4n) is 1.53. The Bertz CT molecular complexity index is 607. The van der Waals surface area contributed by atoms with Gasteiger partial charge >= 0.3 is 0 Å². The van der Waals surface area contributed by atoms with E-state index in [1.54, 1.807) is 29.9 Å². The third-order valence-corrected chi connectivity index (χ3v) is 3.13. The Kier molecular flexibility index (Phi) is 4.52. The zero-order chi connectivity index (χ0) is 13.7. The first-order valence-electron chi connectivity index (χ1n) is 5.75. The van der Waals surface area contributed by atoms with Crippen molar-refractivity contribution in [3.63, 3.8) is 0 Å². The molecule has 0 unspecified atom stereocenters. The van der Waals surface area contributed by atoms with Crippen molar-refractivity contribution >= 4 is 23.0 Å². The summed E-state index contributed by atoms with van der Waals surface area (Å²) >= 11 is 1.25. The number of rotatable bonds is 4. The zero-order valence-corrected chi connectivity index (χ0v) is 11.2.